The molecule has 37 heavy (non-hydrogen) atoms. The number of anilines is 1. The Morgan fingerprint density at radius 2 is 1.54 bits per heavy atom. The first kappa shape index (κ1) is 25.5. The van der Waals surface area contributed by atoms with Gasteiger partial charge < -0.3 is 5.32 Å². The van der Waals surface area contributed by atoms with Gasteiger partial charge in [-0.25, -0.2) is 8.78 Å². The second-order valence-corrected chi connectivity index (χ2v) is 9.31. The topological polar surface area (TPSA) is 106 Å². The zero-order valence-corrected chi connectivity index (χ0v) is 20.5. The molecular formula is C26H25F2N7O2. The van der Waals surface area contributed by atoms with Crippen molar-refractivity contribution in [3.63, 3.8) is 0 Å². The van der Waals surface area contributed by atoms with Crippen LogP contribution < -0.4 is 10.2 Å². The van der Waals surface area contributed by atoms with E-state index in [1.54, 1.807) is 12.1 Å². The van der Waals surface area contributed by atoms with E-state index in [1.807, 2.05) is 20.8 Å². The van der Waals surface area contributed by atoms with Gasteiger partial charge in [0.1, 0.15) is 24.2 Å². The first-order chi connectivity index (χ1) is 17.6. The number of nitrogens with one attached hydrogen (secondary N) is 1. The van der Waals surface area contributed by atoms with Crippen molar-refractivity contribution < 1.29 is 18.4 Å². The zero-order valence-electron chi connectivity index (χ0n) is 20.5. The minimum Gasteiger partial charge on any atom is -0.349 e. The second-order valence-electron chi connectivity index (χ2n) is 9.31. The number of halogens is 2. The van der Waals surface area contributed by atoms with Gasteiger partial charge in [0.05, 0.1) is 0 Å². The number of aromatic nitrogens is 5. The Hall–Kier alpha value is -4.54. The van der Waals surface area contributed by atoms with Crippen LogP contribution in [0.15, 0.2) is 73.1 Å². The number of amides is 2. The van der Waals surface area contributed by atoms with Gasteiger partial charge in [0.25, 0.3) is 5.91 Å². The lowest BCUT2D eigenvalue weighted by atomic mass is 10.0. The Labute approximate surface area is 212 Å². The quantitative estimate of drug-likeness (QED) is 0.411. The van der Waals surface area contributed by atoms with Crippen molar-refractivity contribution in [2.75, 3.05) is 4.90 Å². The lowest BCUT2D eigenvalue weighted by Gasteiger charge is -2.33. The standard InChI is InChI=1S/C26H25F2N7O2/c1-26(2,3)30-25(37)23(17-12-14-29-15-13-17)35(21-10-8-20(28)9-11-21)22(36)16-34-32-24(31-33-34)18-4-6-19(27)7-5-18/h4-15,23H,16H2,1-3H3,(H,30,37)/t23-/m0/s1. The van der Waals surface area contributed by atoms with E-state index in [0.29, 0.717) is 16.8 Å². The van der Waals surface area contributed by atoms with Crippen LogP contribution in [0.1, 0.15) is 32.4 Å². The van der Waals surface area contributed by atoms with Crippen molar-refractivity contribution in [1.82, 2.24) is 30.5 Å². The molecule has 2 aromatic carbocycles. The maximum atomic E-state index is 13.7. The predicted molar refractivity (Wildman–Crippen MR) is 132 cm³/mol. The molecule has 0 saturated heterocycles. The Kier molecular flexibility index (Phi) is 7.32. The van der Waals surface area contributed by atoms with E-state index in [1.165, 1.54) is 65.8 Å². The summed E-state index contributed by atoms with van der Waals surface area (Å²) in [7, 11) is 0. The lowest BCUT2D eigenvalue weighted by molar-refractivity contribution is -0.128. The summed E-state index contributed by atoms with van der Waals surface area (Å²) >= 11 is 0. The number of hydrogen-bond acceptors (Lipinski definition) is 6. The van der Waals surface area contributed by atoms with Crippen LogP contribution in [-0.4, -0.2) is 42.5 Å². The Morgan fingerprint density at radius 3 is 2.14 bits per heavy atom. The molecular weight excluding hydrogens is 480 g/mol. The number of benzene rings is 2. The van der Waals surface area contributed by atoms with Crippen LogP contribution in [-0.2, 0) is 16.1 Å². The molecule has 0 aliphatic rings. The molecule has 0 unspecified atom stereocenters. The second kappa shape index (κ2) is 10.6. The number of hydrogen-bond donors (Lipinski definition) is 1. The molecule has 4 rings (SSSR count). The summed E-state index contributed by atoms with van der Waals surface area (Å²) in [4.78, 5) is 33.6. The van der Waals surface area contributed by atoms with Crippen molar-refractivity contribution >= 4 is 17.5 Å². The summed E-state index contributed by atoms with van der Waals surface area (Å²) in [5, 5.41) is 15.0. The first-order valence-electron chi connectivity index (χ1n) is 11.4. The Balaban J connectivity index is 1.72. The van der Waals surface area contributed by atoms with Gasteiger partial charge in [-0.05, 0) is 92.2 Å². The lowest BCUT2D eigenvalue weighted by Crippen LogP contribution is -2.50. The zero-order chi connectivity index (χ0) is 26.6. The van der Waals surface area contributed by atoms with E-state index in [0.717, 1.165) is 4.80 Å². The largest absolute Gasteiger partial charge is 0.349 e. The van der Waals surface area contributed by atoms with E-state index < -0.39 is 35.0 Å². The first-order valence-corrected chi connectivity index (χ1v) is 11.4. The van der Waals surface area contributed by atoms with E-state index in [-0.39, 0.29) is 12.4 Å². The average Bonchev–Trinajstić information content (AvgIpc) is 3.31. The fraction of sp³-hybridized carbons (Fsp3) is 0.231. The smallest absolute Gasteiger partial charge is 0.251 e. The molecule has 9 nitrogen and oxygen atoms in total. The van der Waals surface area contributed by atoms with Gasteiger partial charge in [-0.3, -0.25) is 19.5 Å². The number of rotatable bonds is 7. The maximum Gasteiger partial charge on any atom is 0.251 e. The number of pyridine rings is 1. The number of nitrogens with zero attached hydrogens (tertiary/aromatic N) is 6. The van der Waals surface area contributed by atoms with Gasteiger partial charge in [-0.1, -0.05) is 0 Å². The fourth-order valence-electron chi connectivity index (χ4n) is 3.66. The highest BCUT2D eigenvalue weighted by atomic mass is 19.1. The molecule has 0 aliphatic heterocycles. The fourth-order valence-corrected chi connectivity index (χ4v) is 3.66. The van der Waals surface area contributed by atoms with Gasteiger partial charge in [-0.2, -0.15) is 4.80 Å². The molecule has 0 spiro atoms. The maximum absolute atomic E-state index is 13.7. The van der Waals surface area contributed by atoms with E-state index in [4.69, 9.17) is 0 Å². The van der Waals surface area contributed by atoms with Crippen LogP contribution in [0.25, 0.3) is 11.4 Å². The van der Waals surface area contributed by atoms with Crippen molar-refractivity contribution in [2.24, 2.45) is 0 Å². The van der Waals surface area contributed by atoms with Crippen LogP contribution in [0.4, 0.5) is 14.5 Å². The van der Waals surface area contributed by atoms with Gasteiger partial charge in [-0.15, -0.1) is 10.2 Å². The van der Waals surface area contributed by atoms with E-state index >= 15 is 0 Å². The number of carbonyl (C=O) groups excluding carboxylic acids is 2. The molecule has 0 aliphatic carbocycles. The molecule has 190 valence electrons. The molecule has 11 heteroatoms. The summed E-state index contributed by atoms with van der Waals surface area (Å²) in [5.74, 6) is -1.66. The van der Waals surface area contributed by atoms with Gasteiger partial charge in [0.15, 0.2) is 0 Å². The van der Waals surface area contributed by atoms with Gasteiger partial charge in [0, 0.05) is 29.2 Å². The van der Waals surface area contributed by atoms with Crippen molar-refractivity contribution in [2.45, 2.75) is 38.9 Å². The molecule has 0 radical (unpaired) electrons. The average molecular weight is 506 g/mol. The highest BCUT2D eigenvalue weighted by Crippen LogP contribution is 2.29. The van der Waals surface area contributed by atoms with Crippen molar-refractivity contribution in [1.29, 1.82) is 0 Å². The van der Waals surface area contributed by atoms with Gasteiger partial charge >= 0.3 is 0 Å². The van der Waals surface area contributed by atoms with Crippen LogP contribution in [0.5, 0.6) is 0 Å². The van der Waals surface area contributed by atoms with E-state index in [9.17, 15) is 18.4 Å². The van der Waals surface area contributed by atoms with Crippen LogP contribution in [0.3, 0.4) is 0 Å². The Morgan fingerprint density at radius 1 is 0.946 bits per heavy atom. The normalized spacial score (nSPS) is 12.1. The summed E-state index contributed by atoms with van der Waals surface area (Å²) < 4.78 is 27.0. The highest BCUT2D eigenvalue weighted by molar-refractivity contribution is 6.01. The number of tetrazole rings is 1. The van der Waals surface area contributed by atoms with Gasteiger partial charge in [0.2, 0.25) is 11.7 Å². The molecule has 2 heterocycles. The highest BCUT2D eigenvalue weighted by Gasteiger charge is 2.35. The third kappa shape index (κ3) is 6.37. The third-order valence-electron chi connectivity index (χ3n) is 5.23. The van der Waals surface area contributed by atoms with Crippen LogP contribution in [0.2, 0.25) is 0 Å². The summed E-state index contributed by atoms with van der Waals surface area (Å²) in [6.07, 6.45) is 3.04. The molecule has 2 aromatic heterocycles. The Bertz CT molecular complexity index is 1370. The summed E-state index contributed by atoms with van der Waals surface area (Å²) in [5.41, 5.74) is 0.746. The minimum absolute atomic E-state index is 0.206. The number of carbonyl (C=O) groups is 2. The molecule has 4 aromatic rings. The predicted octanol–water partition coefficient (Wildman–Crippen LogP) is 3.70. The molecule has 2 amide bonds. The third-order valence-corrected chi connectivity index (χ3v) is 5.23. The molecule has 0 saturated carbocycles. The molecule has 0 fully saturated rings. The van der Waals surface area contributed by atoms with E-state index in [2.05, 4.69) is 25.7 Å². The minimum atomic E-state index is -1.10. The molecule has 1 N–H and O–H groups in total. The van der Waals surface area contributed by atoms with Crippen molar-refractivity contribution in [3.8, 4) is 11.4 Å². The summed E-state index contributed by atoms with van der Waals surface area (Å²) in [6.45, 7) is 5.12. The molecule has 0 bridgehead atoms. The SMILES string of the molecule is CC(C)(C)NC(=O)[C@H](c1ccncc1)N(C(=O)Cn1nnc(-c2ccc(F)cc2)n1)c1ccc(F)cc1. The van der Waals surface area contributed by atoms with Crippen LogP contribution >= 0.6 is 0 Å². The summed E-state index contributed by atoms with van der Waals surface area (Å²) in [6, 6.07) is 13.0. The molecule has 1 atom stereocenters. The van der Waals surface area contributed by atoms with Crippen LogP contribution in [0, 0.1) is 11.6 Å². The van der Waals surface area contributed by atoms with Crippen molar-refractivity contribution in [3.05, 3.63) is 90.3 Å². The monoisotopic (exact) mass is 505 g/mol.